The highest BCUT2D eigenvalue weighted by molar-refractivity contribution is 6.40. The maximum Gasteiger partial charge on any atom is 0.265 e. The molecule has 1 unspecified atom stereocenters. The molecule has 1 atom stereocenters. The third kappa shape index (κ3) is 3.68. The summed E-state index contributed by atoms with van der Waals surface area (Å²) >= 11 is 12.4. The molecule has 2 aromatic carbocycles. The van der Waals surface area contributed by atoms with E-state index < -0.39 is 0 Å². The lowest BCUT2D eigenvalue weighted by molar-refractivity contribution is -0.122. The fourth-order valence-corrected chi connectivity index (χ4v) is 4.36. The summed E-state index contributed by atoms with van der Waals surface area (Å²) in [6.45, 7) is 1.82. The number of nitrogens with zero attached hydrogens (tertiary/aromatic N) is 1. The van der Waals surface area contributed by atoms with Crippen LogP contribution in [0.5, 0.6) is 0 Å². The number of aryl methyl sites for hydroxylation is 1. The quantitative estimate of drug-likeness (QED) is 0.618. The van der Waals surface area contributed by atoms with Crippen molar-refractivity contribution in [2.45, 2.75) is 26.2 Å². The first-order valence-electron chi connectivity index (χ1n) is 9.28. The first-order chi connectivity index (χ1) is 13.8. The summed E-state index contributed by atoms with van der Waals surface area (Å²) in [5, 5.41) is 4.26. The number of rotatable bonds is 3. The third-order valence-corrected chi connectivity index (χ3v) is 5.88. The van der Waals surface area contributed by atoms with E-state index >= 15 is 0 Å². The molecule has 0 saturated heterocycles. The van der Waals surface area contributed by atoms with Gasteiger partial charge in [0.2, 0.25) is 5.91 Å². The fourth-order valence-electron chi connectivity index (χ4n) is 3.80. The van der Waals surface area contributed by atoms with Crippen molar-refractivity contribution in [2.75, 3.05) is 5.32 Å². The molecule has 0 bridgehead atoms. The highest BCUT2D eigenvalue weighted by Gasteiger charge is 2.28. The molecule has 7 heteroatoms. The summed E-state index contributed by atoms with van der Waals surface area (Å²) < 4.78 is 1.56. The Bertz CT molecular complexity index is 1150. The Hall–Kier alpha value is -2.63. The zero-order valence-electron chi connectivity index (χ0n) is 15.7. The third-order valence-electron chi connectivity index (χ3n) is 5.25. The number of hydrogen-bond donors (Lipinski definition) is 1. The van der Waals surface area contributed by atoms with Gasteiger partial charge in [0.1, 0.15) is 5.78 Å². The minimum absolute atomic E-state index is 0.130. The van der Waals surface area contributed by atoms with E-state index in [0.29, 0.717) is 40.5 Å². The van der Waals surface area contributed by atoms with Crippen LogP contribution in [-0.2, 0) is 9.59 Å². The van der Waals surface area contributed by atoms with E-state index in [1.54, 1.807) is 34.9 Å². The number of Topliss-reactive ketones (excluding diaryl/α,β-unsaturated/α-hetero) is 1. The van der Waals surface area contributed by atoms with Gasteiger partial charge in [-0.3, -0.25) is 19.0 Å². The number of nitrogens with one attached hydrogen (secondary N) is 1. The Morgan fingerprint density at radius 1 is 1.10 bits per heavy atom. The topological polar surface area (TPSA) is 68.2 Å². The number of fused-ring (bicyclic) bond motifs is 1. The first-order valence-corrected chi connectivity index (χ1v) is 10.0. The average molecular weight is 429 g/mol. The second kappa shape index (κ2) is 7.65. The maximum atomic E-state index is 13.1. The summed E-state index contributed by atoms with van der Waals surface area (Å²) in [7, 11) is 0. The number of carbonyl (C=O) groups is 3. The molecule has 1 aliphatic carbocycles. The predicted molar refractivity (Wildman–Crippen MR) is 114 cm³/mol. The molecule has 5 nitrogen and oxygen atoms in total. The maximum absolute atomic E-state index is 13.1. The van der Waals surface area contributed by atoms with E-state index in [1.807, 2.05) is 19.1 Å². The van der Waals surface area contributed by atoms with Crippen molar-refractivity contribution >= 4 is 57.4 Å². The number of aromatic nitrogens is 1. The lowest BCUT2D eigenvalue weighted by Gasteiger charge is -2.12. The summed E-state index contributed by atoms with van der Waals surface area (Å²) in [6.07, 6.45) is 1.36. The molecular weight excluding hydrogens is 411 g/mol. The monoisotopic (exact) mass is 428 g/mol. The van der Waals surface area contributed by atoms with Crippen molar-refractivity contribution < 1.29 is 14.4 Å². The SMILES string of the molecule is Cc1cc2cc(NC(=O)C3CCC(=O)C3)ccc2n1C(=O)c1c(Cl)cccc1Cl. The number of benzene rings is 2. The number of amides is 1. The van der Waals surface area contributed by atoms with E-state index in [2.05, 4.69) is 5.32 Å². The van der Waals surface area contributed by atoms with E-state index in [-0.39, 0.29) is 29.1 Å². The van der Waals surface area contributed by atoms with Gasteiger partial charge in [0, 0.05) is 35.5 Å². The van der Waals surface area contributed by atoms with Crippen molar-refractivity contribution in [1.29, 1.82) is 0 Å². The van der Waals surface area contributed by atoms with E-state index in [1.165, 1.54) is 0 Å². The van der Waals surface area contributed by atoms with Gasteiger partial charge in [-0.2, -0.15) is 0 Å². The van der Waals surface area contributed by atoms with Gasteiger partial charge >= 0.3 is 0 Å². The van der Waals surface area contributed by atoms with Crippen LogP contribution in [0.1, 0.15) is 35.3 Å². The van der Waals surface area contributed by atoms with Crippen LogP contribution >= 0.6 is 23.2 Å². The van der Waals surface area contributed by atoms with Crippen molar-refractivity contribution in [3.63, 3.8) is 0 Å². The van der Waals surface area contributed by atoms with Gasteiger partial charge in [0.05, 0.1) is 21.1 Å². The number of halogens is 2. The largest absolute Gasteiger partial charge is 0.326 e. The Morgan fingerprint density at radius 2 is 1.83 bits per heavy atom. The molecule has 148 valence electrons. The van der Waals surface area contributed by atoms with Crippen LogP contribution in [0.3, 0.4) is 0 Å². The minimum Gasteiger partial charge on any atom is -0.326 e. The van der Waals surface area contributed by atoms with Gasteiger partial charge < -0.3 is 5.32 Å². The number of carbonyl (C=O) groups excluding carboxylic acids is 3. The summed E-state index contributed by atoms with van der Waals surface area (Å²) in [5.74, 6) is -0.599. The molecule has 29 heavy (non-hydrogen) atoms. The van der Waals surface area contributed by atoms with Crippen molar-refractivity contribution in [2.24, 2.45) is 5.92 Å². The standard InChI is InChI=1S/C22H18Cl2N2O3/c1-12-9-14-10-15(25-21(28)13-5-7-16(27)11-13)6-8-19(14)26(12)22(29)20-17(23)3-2-4-18(20)24/h2-4,6,8-10,13H,5,7,11H2,1H3,(H,25,28). The molecular formula is C22H18Cl2N2O3. The Labute approximate surface area is 177 Å². The molecule has 1 aliphatic rings. The highest BCUT2D eigenvalue weighted by Crippen LogP contribution is 2.30. The Morgan fingerprint density at radius 3 is 2.48 bits per heavy atom. The predicted octanol–water partition coefficient (Wildman–Crippen LogP) is 5.25. The lowest BCUT2D eigenvalue weighted by atomic mass is 10.1. The smallest absolute Gasteiger partial charge is 0.265 e. The second-order valence-electron chi connectivity index (χ2n) is 7.26. The van der Waals surface area contributed by atoms with Crippen LogP contribution in [0.25, 0.3) is 10.9 Å². The molecule has 0 spiro atoms. The molecule has 1 amide bonds. The second-order valence-corrected chi connectivity index (χ2v) is 8.08. The van der Waals surface area contributed by atoms with E-state index in [9.17, 15) is 14.4 Å². The van der Waals surface area contributed by atoms with Crippen LogP contribution in [0.4, 0.5) is 5.69 Å². The molecule has 0 radical (unpaired) electrons. The van der Waals surface area contributed by atoms with Gasteiger partial charge in [0.15, 0.2) is 0 Å². The average Bonchev–Trinajstić information content (AvgIpc) is 3.23. The molecule has 3 aromatic rings. The van der Waals surface area contributed by atoms with Gasteiger partial charge in [-0.05, 0) is 49.7 Å². The van der Waals surface area contributed by atoms with Gasteiger partial charge in [-0.25, -0.2) is 0 Å². The van der Waals surface area contributed by atoms with E-state index in [0.717, 1.165) is 11.1 Å². The van der Waals surface area contributed by atoms with Gasteiger partial charge in [-0.15, -0.1) is 0 Å². The number of anilines is 1. The van der Waals surface area contributed by atoms with Crippen LogP contribution in [0, 0.1) is 12.8 Å². The van der Waals surface area contributed by atoms with Crippen molar-refractivity contribution in [1.82, 2.24) is 4.57 Å². The Kier molecular flexibility index (Phi) is 5.19. The van der Waals surface area contributed by atoms with Crippen molar-refractivity contribution in [3.8, 4) is 0 Å². The number of ketones is 1. The van der Waals surface area contributed by atoms with Gasteiger partial charge in [-0.1, -0.05) is 29.3 Å². The first kappa shape index (κ1) is 19.7. The molecule has 1 heterocycles. The summed E-state index contributed by atoms with van der Waals surface area (Å²) in [4.78, 5) is 36.9. The van der Waals surface area contributed by atoms with Crippen LogP contribution in [0.2, 0.25) is 10.0 Å². The zero-order valence-corrected chi connectivity index (χ0v) is 17.2. The molecule has 0 aliphatic heterocycles. The number of hydrogen-bond acceptors (Lipinski definition) is 3. The molecule has 1 saturated carbocycles. The van der Waals surface area contributed by atoms with Crippen LogP contribution in [-0.4, -0.2) is 22.2 Å². The normalized spacial score (nSPS) is 16.4. The molecule has 1 fully saturated rings. The fraction of sp³-hybridized carbons (Fsp3) is 0.227. The molecule has 4 rings (SSSR count). The summed E-state index contributed by atoms with van der Waals surface area (Å²) in [6, 6.07) is 12.2. The lowest BCUT2D eigenvalue weighted by Crippen LogP contribution is -2.20. The zero-order chi connectivity index (χ0) is 20.7. The highest BCUT2D eigenvalue weighted by atomic mass is 35.5. The van der Waals surface area contributed by atoms with E-state index in [4.69, 9.17) is 23.2 Å². The van der Waals surface area contributed by atoms with Crippen LogP contribution < -0.4 is 5.32 Å². The summed E-state index contributed by atoms with van der Waals surface area (Å²) in [5.41, 5.74) is 2.30. The molecule has 1 N–H and O–H groups in total. The van der Waals surface area contributed by atoms with Crippen molar-refractivity contribution in [3.05, 3.63) is 63.8 Å². The molecule has 1 aromatic heterocycles. The van der Waals surface area contributed by atoms with Crippen LogP contribution in [0.15, 0.2) is 42.5 Å². The van der Waals surface area contributed by atoms with Gasteiger partial charge in [0.25, 0.3) is 5.91 Å². The minimum atomic E-state index is -0.311. The Balaban J connectivity index is 1.66.